The minimum absolute atomic E-state index is 0.0232. The molecule has 3 heteroatoms. The largest absolute Gasteiger partial charge is 0.399 e. The van der Waals surface area contributed by atoms with Crippen molar-refractivity contribution in [2.75, 3.05) is 10.6 Å². The maximum Gasteiger partial charge on any atom is 0.258 e. The number of aryl methyl sites for hydroxylation is 1. The zero-order chi connectivity index (χ0) is 22.2. The predicted octanol–water partition coefficient (Wildman–Crippen LogP) is 6.36. The molecule has 1 aliphatic heterocycles. The van der Waals surface area contributed by atoms with E-state index in [9.17, 15) is 4.79 Å². The van der Waals surface area contributed by atoms with E-state index >= 15 is 0 Å². The van der Waals surface area contributed by atoms with Crippen molar-refractivity contribution in [1.29, 1.82) is 0 Å². The van der Waals surface area contributed by atoms with E-state index in [-0.39, 0.29) is 16.9 Å². The van der Waals surface area contributed by atoms with Crippen LogP contribution in [-0.2, 0) is 11.8 Å². The number of hydrogen-bond acceptors (Lipinski definition) is 2. The Labute approximate surface area is 185 Å². The highest BCUT2D eigenvalue weighted by molar-refractivity contribution is 6.08. The molecule has 2 N–H and O–H groups in total. The standard InChI is InChI=1S/C28H32N2O/c1-5-9-20-12-14-21(15-13-20)26(31)30-25-18-23(29)16-17-24(25)28(4,19-27(30,2)3)22-10-7-6-8-11-22/h6-8,10-18H,5,9,19,29H2,1-4H3/t28-/m1/s1. The van der Waals surface area contributed by atoms with E-state index in [1.807, 2.05) is 35.2 Å². The molecule has 3 nitrogen and oxygen atoms in total. The first-order valence-corrected chi connectivity index (χ1v) is 11.2. The number of rotatable bonds is 4. The summed E-state index contributed by atoms with van der Waals surface area (Å²) < 4.78 is 0. The lowest BCUT2D eigenvalue weighted by atomic mass is 9.65. The molecule has 1 heterocycles. The molecule has 0 unspecified atom stereocenters. The highest BCUT2D eigenvalue weighted by atomic mass is 16.2. The fraction of sp³-hybridized carbons (Fsp3) is 0.321. The van der Waals surface area contributed by atoms with Gasteiger partial charge < -0.3 is 10.6 Å². The quantitative estimate of drug-likeness (QED) is 0.507. The number of anilines is 2. The van der Waals surface area contributed by atoms with Crippen LogP contribution in [0.15, 0.2) is 72.8 Å². The van der Waals surface area contributed by atoms with Gasteiger partial charge in [0.05, 0.1) is 5.69 Å². The Bertz CT molecular complexity index is 1090. The van der Waals surface area contributed by atoms with Gasteiger partial charge in [-0.2, -0.15) is 0 Å². The Balaban J connectivity index is 1.84. The molecular weight excluding hydrogens is 380 g/mol. The maximum atomic E-state index is 13.8. The van der Waals surface area contributed by atoms with Crippen LogP contribution in [0, 0.1) is 0 Å². The van der Waals surface area contributed by atoms with Crippen LogP contribution in [0.3, 0.4) is 0 Å². The molecule has 1 amide bonds. The van der Waals surface area contributed by atoms with E-state index < -0.39 is 0 Å². The van der Waals surface area contributed by atoms with E-state index in [4.69, 9.17) is 5.73 Å². The van der Waals surface area contributed by atoms with Crippen molar-refractivity contribution < 1.29 is 4.79 Å². The maximum absolute atomic E-state index is 13.8. The van der Waals surface area contributed by atoms with Gasteiger partial charge in [-0.3, -0.25) is 4.79 Å². The number of hydrogen-bond donors (Lipinski definition) is 1. The molecule has 0 radical (unpaired) electrons. The average Bonchev–Trinajstić information content (AvgIpc) is 2.74. The number of carbonyl (C=O) groups is 1. The second-order valence-corrected chi connectivity index (χ2v) is 9.55. The summed E-state index contributed by atoms with van der Waals surface area (Å²) in [6, 6.07) is 24.6. The van der Waals surface area contributed by atoms with Crippen LogP contribution in [0.2, 0.25) is 0 Å². The summed E-state index contributed by atoms with van der Waals surface area (Å²) in [7, 11) is 0. The van der Waals surface area contributed by atoms with Crippen LogP contribution in [0.1, 0.15) is 67.6 Å². The van der Waals surface area contributed by atoms with Crippen molar-refractivity contribution in [3.63, 3.8) is 0 Å². The molecule has 31 heavy (non-hydrogen) atoms. The summed E-state index contributed by atoms with van der Waals surface area (Å²) in [6.07, 6.45) is 2.94. The fourth-order valence-electron chi connectivity index (χ4n) is 5.25. The van der Waals surface area contributed by atoms with Crippen molar-refractivity contribution in [3.05, 3.63) is 95.1 Å². The first kappa shape index (κ1) is 21.2. The highest BCUT2D eigenvalue weighted by Gasteiger charge is 2.47. The molecule has 0 saturated carbocycles. The second-order valence-electron chi connectivity index (χ2n) is 9.55. The molecule has 0 aromatic heterocycles. The summed E-state index contributed by atoms with van der Waals surface area (Å²) in [5.74, 6) is 0.0232. The van der Waals surface area contributed by atoms with Crippen LogP contribution in [0.5, 0.6) is 0 Å². The summed E-state index contributed by atoms with van der Waals surface area (Å²) in [4.78, 5) is 15.7. The normalized spacial score (nSPS) is 19.7. The van der Waals surface area contributed by atoms with Crippen LogP contribution < -0.4 is 10.6 Å². The zero-order valence-electron chi connectivity index (χ0n) is 19.0. The van der Waals surface area contributed by atoms with Gasteiger partial charge in [0, 0.05) is 22.2 Å². The highest BCUT2D eigenvalue weighted by Crippen LogP contribution is 2.51. The molecule has 4 rings (SSSR count). The van der Waals surface area contributed by atoms with Crippen molar-refractivity contribution in [2.24, 2.45) is 0 Å². The zero-order valence-corrected chi connectivity index (χ0v) is 19.0. The molecule has 0 aliphatic carbocycles. The number of nitrogens with zero attached hydrogens (tertiary/aromatic N) is 1. The fourth-order valence-corrected chi connectivity index (χ4v) is 5.25. The van der Waals surface area contributed by atoms with E-state index in [2.05, 4.69) is 70.2 Å². The third-order valence-electron chi connectivity index (χ3n) is 6.60. The van der Waals surface area contributed by atoms with Gasteiger partial charge in [-0.15, -0.1) is 0 Å². The Morgan fingerprint density at radius 3 is 2.29 bits per heavy atom. The lowest BCUT2D eigenvalue weighted by Crippen LogP contribution is -2.55. The van der Waals surface area contributed by atoms with Crippen molar-refractivity contribution >= 4 is 17.3 Å². The Kier molecular flexibility index (Phi) is 5.38. The van der Waals surface area contributed by atoms with E-state index in [0.717, 1.165) is 30.5 Å². The molecule has 1 atom stereocenters. The molecule has 0 bridgehead atoms. The molecule has 3 aromatic carbocycles. The number of benzene rings is 3. The third-order valence-corrected chi connectivity index (χ3v) is 6.60. The molecule has 3 aromatic rings. The number of amides is 1. The minimum Gasteiger partial charge on any atom is -0.399 e. The Morgan fingerprint density at radius 1 is 0.968 bits per heavy atom. The van der Waals surface area contributed by atoms with E-state index in [0.29, 0.717) is 11.3 Å². The van der Waals surface area contributed by atoms with Crippen LogP contribution in [0.4, 0.5) is 11.4 Å². The molecule has 160 valence electrons. The number of fused-ring (bicyclic) bond motifs is 1. The summed E-state index contributed by atoms with van der Waals surface area (Å²) in [5, 5.41) is 0. The second kappa shape index (κ2) is 7.88. The van der Waals surface area contributed by atoms with Gasteiger partial charge >= 0.3 is 0 Å². The molecule has 0 fully saturated rings. The van der Waals surface area contributed by atoms with Gasteiger partial charge in [-0.05, 0) is 67.6 Å². The van der Waals surface area contributed by atoms with Crippen molar-refractivity contribution in [1.82, 2.24) is 0 Å². The SMILES string of the molecule is CCCc1ccc(C(=O)N2c3cc(N)ccc3[C@@](C)(c3ccccc3)CC2(C)C)cc1. The average molecular weight is 413 g/mol. The lowest BCUT2D eigenvalue weighted by molar-refractivity contribution is 0.0949. The Hall–Kier alpha value is -3.07. The van der Waals surface area contributed by atoms with Gasteiger partial charge in [-0.25, -0.2) is 0 Å². The Morgan fingerprint density at radius 2 is 1.65 bits per heavy atom. The molecular formula is C28H32N2O. The van der Waals surface area contributed by atoms with Gasteiger partial charge in [-0.1, -0.05) is 68.8 Å². The van der Waals surface area contributed by atoms with Crippen LogP contribution in [0.25, 0.3) is 0 Å². The van der Waals surface area contributed by atoms with E-state index in [1.165, 1.54) is 11.1 Å². The van der Waals surface area contributed by atoms with Crippen LogP contribution >= 0.6 is 0 Å². The molecule has 1 aliphatic rings. The first-order chi connectivity index (χ1) is 14.8. The van der Waals surface area contributed by atoms with Crippen molar-refractivity contribution in [3.8, 4) is 0 Å². The van der Waals surface area contributed by atoms with E-state index in [1.54, 1.807) is 0 Å². The van der Waals surface area contributed by atoms with Crippen molar-refractivity contribution in [2.45, 2.75) is 57.9 Å². The third kappa shape index (κ3) is 3.74. The minimum atomic E-state index is -0.384. The summed E-state index contributed by atoms with van der Waals surface area (Å²) in [5.41, 5.74) is 11.6. The van der Waals surface area contributed by atoms with Gasteiger partial charge in [0.2, 0.25) is 0 Å². The van der Waals surface area contributed by atoms with Gasteiger partial charge in [0.25, 0.3) is 5.91 Å². The number of nitrogens with two attached hydrogens (primary N) is 1. The monoisotopic (exact) mass is 412 g/mol. The van der Waals surface area contributed by atoms with Gasteiger partial charge in [0.1, 0.15) is 0 Å². The molecule has 0 saturated heterocycles. The predicted molar refractivity (Wildman–Crippen MR) is 130 cm³/mol. The number of nitrogen functional groups attached to an aromatic ring is 1. The molecule has 0 spiro atoms. The van der Waals surface area contributed by atoms with Crippen LogP contribution in [-0.4, -0.2) is 11.4 Å². The smallest absolute Gasteiger partial charge is 0.258 e. The number of carbonyl (C=O) groups excluding carboxylic acids is 1. The summed E-state index contributed by atoms with van der Waals surface area (Å²) in [6.45, 7) is 8.76. The first-order valence-electron chi connectivity index (χ1n) is 11.2. The van der Waals surface area contributed by atoms with Gasteiger partial charge in [0.15, 0.2) is 0 Å². The lowest BCUT2D eigenvalue weighted by Gasteiger charge is -2.51. The topological polar surface area (TPSA) is 46.3 Å². The summed E-state index contributed by atoms with van der Waals surface area (Å²) >= 11 is 0.